The van der Waals surface area contributed by atoms with E-state index in [0.717, 1.165) is 11.3 Å². The van der Waals surface area contributed by atoms with Crippen molar-refractivity contribution >= 4 is 40.7 Å². The van der Waals surface area contributed by atoms with E-state index < -0.39 is 16.9 Å². The van der Waals surface area contributed by atoms with Crippen molar-refractivity contribution in [2.24, 2.45) is 4.99 Å². The number of hydrogen-bond acceptors (Lipinski definition) is 7. The van der Waals surface area contributed by atoms with Crippen LogP contribution >= 0.6 is 22.9 Å². The number of aromatic nitrogens is 1. The van der Waals surface area contributed by atoms with Crippen LogP contribution in [0.25, 0.3) is 6.08 Å². The molecule has 0 fully saturated rings. The second kappa shape index (κ2) is 9.13. The van der Waals surface area contributed by atoms with Gasteiger partial charge in [-0.1, -0.05) is 53.3 Å². The summed E-state index contributed by atoms with van der Waals surface area (Å²) in [5.41, 5.74) is 1.28. The molecular weight excluding hydrogens is 466 g/mol. The molecule has 0 radical (unpaired) electrons. The van der Waals surface area contributed by atoms with Gasteiger partial charge in [0.25, 0.3) is 11.2 Å². The largest absolute Gasteiger partial charge is 0.463 e. The van der Waals surface area contributed by atoms with Crippen molar-refractivity contribution in [3.8, 4) is 0 Å². The first-order valence-electron chi connectivity index (χ1n) is 10.0. The molecule has 10 heteroatoms. The van der Waals surface area contributed by atoms with Gasteiger partial charge < -0.3 is 4.74 Å². The molecule has 0 aliphatic carbocycles. The van der Waals surface area contributed by atoms with Gasteiger partial charge in [0.05, 0.1) is 27.3 Å². The zero-order valence-electron chi connectivity index (χ0n) is 17.6. The first kappa shape index (κ1) is 22.6. The fourth-order valence-corrected chi connectivity index (χ4v) is 4.95. The quantitative estimate of drug-likeness (QED) is 0.314. The minimum absolute atomic E-state index is 0.0779. The van der Waals surface area contributed by atoms with Gasteiger partial charge in [0.15, 0.2) is 4.80 Å². The Balaban J connectivity index is 1.96. The number of allylic oxidation sites excluding steroid dienone is 1. The average Bonchev–Trinajstić information content (AvgIpc) is 3.08. The summed E-state index contributed by atoms with van der Waals surface area (Å²) in [6.45, 7) is 3.56. The number of esters is 1. The summed E-state index contributed by atoms with van der Waals surface area (Å²) in [6.07, 6.45) is 1.57. The first-order valence-corrected chi connectivity index (χ1v) is 11.2. The fraction of sp³-hybridized carbons (Fsp3) is 0.174. The van der Waals surface area contributed by atoms with Crippen LogP contribution in [0.1, 0.15) is 31.0 Å². The van der Waals surface area contributed by atoms with Crippen molar-refractivity contribution in [1.82, 2.24) is 4.57 Å². The molecule has 1 aliphatic rings. The molecule has 2 heterocycles. The highest BCUT2D eigenvalue weighted by Crippen LogP contribution is 2.34. The number of thiazole rings is 1. The molecular formula is C23H18ClN3O5S. The third-order valence-corrected chi connectivity index (χ3v) is 6.42. The molecule has 4 rings (SSSR count). The Morgan fingerprint density at radius 2 is 2.06 bits per heavy atom. The van der Waals surface area contributed by atoms with E-state index in [-0.39, 0.29) is 23.4 Å². The third kappa shape index (κ3) is 4.24. The van der Waals surface area contributed by atoms with Gasteiger partial charge in [-0.05, 0) is 37.1 Å². The number of ether oxygens (including phenoxy) is 1. The highest BCUT2D eigenvalue weighted by Gasteiger charge is 2.34. The van der Waals surface area contributed by atoms with Crippen LogP contribution in [0.5, 0.6) is 0 Å². The van der Waals surface area contributed by atoms with Crippen molar-refractivity contribution in [3.05, 3.63) is 106 Å². The number of benzene rings is 2. The lowest BCUT2D eigenvalue weighted by Crippen LogP contribution is -2.40. The van der Waals surface area contributed by atoms with E-state index in [1.165, 1.54) is 16.7 Å². The van der Waals surface area contributed by atoms with Gasteiger partial charge in [0.1, 0.15) is 6.04 Å². The molecule has 1 unspecified atom stereocenters. The van der Waals surface area contributed by atoms with Crippen LogP contribution in [-0.4, -0.2) is 22.1 Å². The van der Waals surface area contributed by atoms with Crippen molar-refractivity contribution in [2.45, 2.75) is 19.9 Å². The minimum Gasteiger partial charge on any atom is -0.463 e. The zero-order valence-corrected chi connectivity index (χ0v) is 19.2. The summed E-state index contributed by atoms with van der Waals surface area (Å²) >= 11 is 7.60. The molecule has 33 heavy (non-hydrogen) atoms. The van der Waals surface area contributed by atoms with Gasteiger partial charge in [-0.15, -0.1) is 0 Å². The van der Waals surface area contributed by atoms with Crippen LogP contribution in [0.2, 0.25) is 5.02 Å². The summed E-state index contributed by atoms with van der Waals surface area (Å²) in [6, 6.07) is 12.2. The summed E-state index contributed by atoms with van der Waals surface area (Å²) in [5, 5.41) is 11.5. The number of hydrogen-bond donors (Lipinski definition) is 0. The van der Waals surface area contributed by atoms with Crippen LogP contribution < -0.4 is 14.9 Å². The number of nitro benzene ring substituents is 1. The molecule has 1 aromatic heterocycles. The molecule has 0 N–H and O–H groups in total. The normalized spacial score (nSPS) is 15.7. The lowest BCUT2D eigenvalue weighted by atomic mass is 9.96. The predicted molar refractivity (Wildman–Crippen MR) is 125 cm³/mol. The number of carbonyl (C=O) groups excluding carboxylic acids is 1. The van der Waals surface area contributed by atoms with Crippen LogP contribution in [0.4, 0.5) is 5.69 Å². The first-order chi connectivity index (χ1) is 15.8. The van der Waals surface area contributed by atoms with Gasteiger partial charge >= 0.3 is 5.97 Å². The Kier molecular flexibility index (Phi) is 6.26. The van der Waals surface area contributed by atoms with E-state index in [9.17, 15) is 19.7 Å². The number of carbonyl (C=O) groups is 1. The van der Waals surface area contributed by atoms with Gasteiger partial charge in [-0.25, -0.2) is 9.79 Å². The molecule has 0 amide bonds. The third-order valence-electron chi connectivity index (χ3n) is 5.10. The van der Waals surface area contributed by atoms with E-state index in [1.807, 2.05) is 0 Å². The molecule has 0 saturated heterocycles. The Bertz CT molecular complexity index is 1490. The smallest absolute Gasteiger partial charge is 0.338 e. The second-order valence-corrected chi connectivity index (χ2v) is 8.59. The van der Waals surface area contributed by atoms with Crippen molar-refractivity contribution in [1.29, 1.82) is 0 Å². The zero-order chi connectivity index (χ0) is 23.7. The molecule has 0 saturated carbocycles. The van der Waals surface area contributed by atoms with Crippen molar-refractivity contribution in [2.75, 3.05) is 6.61 Å². The number of nitro groups is 1. The lowest BCUT2D eigenvalue weighted by Gasteiger charge is -2.25. The maximum Gasteiger partial charge on any atom is 0.338 e. The SMILES string of the molecule is CCOC(=O)C1=C(C)N=c2sc(=Cc3cccc([N+](=O)[O-])c3)c(=O)n2C1c1ccccc1Cl. The van der Waals surface area contributed by atoms with Crippen molar-refractivity contribution in [3.63, 3.8) is 0 Å². The average molecular weight is 484 g/mol. The highest BCUT2D eigenvalue weighted by molar-refractivity contribution is 7.07. The van der Waals surface area contributed by atoms with E-state index in [0.29, 0.717) is 31.2 Å². The van der Waals surface area contributed by atoms with E-state index in [2.05, 4.69) is 4.99 Å². The fourth-order valence-electron chi connectivity index (χ4n) is 3.66. The molecule has 168 valence electrons. The molecule has 0 spiro atoms. The van der Waals surface area contributed by atoms with E-state index >= 15 is 0 Å². The number of rotatable bonds is 5. The Hall–Kier alpha value is -3.56. The molecule has 0 bridgehead atoms. The standard InChI is InChI=1S/C23H18ClN3O5S/c1-3-32-22(29)19-13(2)25-23-26(20(19)16-9-4-5-10-17(16)24)21(28)18(33-23)12-14-7-6-8-15(11-14)27(30)31/h4-12,20H,3H2,1-2H3. The topological polar surface area (TPSA) is 104 Å². The number of halogens is 1. The molecule has 8 nitrogen and oxygen atoms in total. The molecule has 1 aliphatic heterocycles. The van der Waals surface area contributed by atoms with E-state index in [1.54, 1.807) is 56.3 Å². The molecule has 2 aromatic carbocycles. The van der Waals surface area contributed by atoms with E-state index in [4.69, 9.17) is 16.3 Å². The summed E-state index contributed by atoms with van der Waals surface area (Å²) in [7, 11) is 0. The Morgan fingerprint density at radius 1 is 1.30 bits per heavy atom. The maximum absolute atomic E-state index is 13.5. The molecule has 3 aromatic rings. The Morgan fingerprint density at radius 3 is 2.76 bits per heavy atom. The number of nitrogens with zero attached hydrogens (tertiary/aromatic N) is 3. The highest BCUT2D eigenvalue weighted by atomic mass is 35.5. The van der Waals surface area contributed by atoms with Crippen LogP contribution in [0.15, 0.2) is 69.6 Å². The predicted octanol–water partition coefficient (Wildman–Crippen LogP) is 3.36. The van der Waals surface area contributed by atoms with Crippen LogP contribution in [-0.2, 0) is 9.53 Å². The summed E-state index contributed by atoms with van der Waals surface area (Å²) < 4.78 is 7.00. The second-order valence-electron chi connectivity index (χ2n) is 7.18. The van der Waals surface area contributed by atoms with Gasteiger partial charge in [0, 0.05) is 17.2 Å². The van der Waals surface area contributed by atoms with Crippen LogP contribution in [0.3, 0.4) is 0 Å². The molecule has 1 atom stereocenters. The van der Waals surface area contributed by atoms with Gasteiger partial charge in [-0.2, -0.15) is 0 Å². The number of non-ortho nitro benzene ring substituents is 1. The van der Waals surface area contributed by atoms with Gasteiger partial charge in [-0.3, -0.25) is 19.5 Å². The summed E-state index contributed by atoms with van der Waals surface area (Å²) in [4.78, 5) is 41.9. The lowest BCUT2D eigenvalue weighted by molar-refractivity contribution is -0.384. The summed E-state index contributed by atoms with van der Waals surface area (Å²) in [5.74, 6) is -0.573. The maximum atomic E-state index is 13.5. The Labute approximate surface area is 196 Å². The number of fused-ring (bicyclic) bond motifs is 1. The van der Waals surface area contributed by atoms with Crippen molar-refractivity contribution < 1.29 is 14.5 Å². The minimum atomic E-state index is -0.818. The van der Waals surface area contributed by atoms with Gasteiger partial charge in [0.2, 0.25) is 0 Å². The monoisotopic (exact) mass is 483 g/mol. The van der Waals surface area contributed by atoms with Crippen LogP contribution in [0, 0.1) is 10.1 Å².